The largest absolute Gasteiger partial charge is 0.332 e. The zero-order valence-electron chi connectivity index (χ0n) is 18.2. The van der Waals surface area contributed by atoms with Crippen LogP contribution in [0.5, 0.6) is 0 Å². The molecule has 0 unspecified atom stereocenters. The van der Waals surface area contributed by atoms with Crippen molar-refractivity contribution in [1.82, 2.24) is 39.6 Å². The van der Waals surface area contributed by atoms with E-state index >= 15 is 0 Å². The van der Waals surface area contributed by atoms with Crippen molar-refractivity contribution in [3.63, 3.8) is 0 Å². The molecule has 0 radical (unpaired) electrons. The van der Waals surface area contributed by atoms with Crippen molar-refractivity contribution in [2.24, 2.45) is 0 Å². The molecule has 1 fully saturated rings. The monoisotopic (exact) mass is 446 g/mol. The highest BCUT2D eigenvalue weighted by molar-refractivity contribution is 5.96. The molecule has 1 aliphatic rings. The molecule has 0 spiro atoms. The number of pyridine rings is 2. The summed E-state index contributed by atoms with van der Waals surface area (Å²) < 4.78 is 15.0. The molecule has 168 valence electrons. The number of aromatic nitrogens is 7. The van der Waals surface area contributed by atoms with Gasteiger partial charge < -0.3 is 4.90 Å². The van der Waals surface area contributed by atoms with Crippen LogP contribution in [0.4, 0.5) is 4.39 Å². The van der Waals surface area contributed by atoms with E-state index in [1.54, 1.807) is 18.5 Å². The number of carbonyl (C=O) groups is 1. The van der Waals surface area contributed by atoms with Crippen molar-refractivity contribution in [2.45, 2.75) is 38.8 Å². The average molecular weight is 446 g/mol. The number of rotatable bonds is 5. The van der Waals surface area contributed by atoms with Crippen molar-refractivity contribution < 1.29 is 9.18 Å². The van der Waals surface area contributed by atoms with Gasteiger partial charge in [-0.2, -0.15) is 15.3 Å². The molecule has 4 aromatic rings. The minimum absolute atomic E-state index is 0.0269. The molecule has 0 aliphatic carbocycles. The molecule has 5 heterocycles. The molecule has 1 saturated heterocycles. The maximum atomic E-state index is 13.6. The van der Waals surface area contributed by atoms with E-state index in [9.17, 15) is 9.18 Å². The van der Waals surface area contributed by atoms with Crippen LogP contribution in [0, 0.1) is 12.7 Å². The summed E-state index contributed by atoms with van der Waals surface area (Å²) in [6.07, 6.45) is 9.03. The highest BCUT2D eigenvalue weighted by Crippen LogP contribution is 2.24. The fourth-order valence-corrected chi connectivity index (χ4v) is 4.15. The zero-order valence-corrected chi connectivity index (χ0v) is 18.2. The minimum atomic E-state index is -0.385. The SMILES string of the molecule is Cc1ccc(-n2nccn2)c(C(=O)N2CCCC[C@H]2Cn2ccc(-c3ccc(F)cn3)n2)n1. The molecule has 9 nitrogen and oxygen atoms in total. The summed E-state index contributed by atoms with van der Waals surface area (Å²) in [5.41, 5.74) is 2.92. The van der Waals surface area contributed by atoms with Crippen LogP contribution >= 0.6 is 0 Å². The third kappa shape index (κ3) is 4.36. The smallest absolute Gasteiger partial charge is 0.275 e. The van der Waals surface area contributed by atoms with E-state index in [4.69, 9.17) is 0 Å². The zero-order chi connectivity index (χ0) is 22.8. The fourth-order valence-electron chi connectivity index (χ4n) is 4.15. The van der Waals surface area contributed by atoms with Gasteiger partial charge in [-0.25, -0.2) is 9.37 Å². The highest BCUT2D eigenvalue weighted by Gasteiger charge is 2.31. The predicted octanol–water partition coefficient (Wildman–Crippen LogP) is 3.06. The van der Waals surface area contributed by atoms with Gasteiger partial charge in [0.15, 0.2) is 5.69 Å². The average Bonchev–Trinajstić information content (AvgIpc) is 3.52. The Balaban J connectivity index is 1.39. The summed E-state index contributed by atoms with van der Waals surface area (Å²) in [4.78, 5) is 25.6. The lowest BCUT2D eigenvalue weighted by Crippen LogP contribution is -2.46. The maximum Gasteiger partial charge on any atom is 0.275 e. The first kappa shape index (κ1) is 20.9. The number of amides is 1. The molecule has 5 rings (SSSR count). The molecule has 1 atom stereocenters. The molecular weight excluding hydrogens is 423 g/mol. The molecule has 33 heavy (non-hydrogen) atoms. The van der Waals surface area contributed by atoms with E-state index in [2.05, 4.69) is 25.3 Å². The second-order valence-electron chi connectivity index (χ2n) is 8.07. The van der Waals surface area contributed by atoms with Crippen LogP contribution in [0.15, 0.2) is 55.1 Å². The number of aryl methyl sites for hydroxylation is 1. The van der Waals surface area contributed by atoms with Gasteiger partial charge in [-0.1, -0.05) is 0 Å². The van der Waals surface area contributed by atoms with E-state index in [0.717, 1.165) is 25.0 Å². The topological polar surface area (TPSA) is 94.6 Å². The second kappa shape index (κ2) is 8.89. The first-order valence-corrected chi connectivity index (χ1v) is 10.9. The number of piperidine rings is 1. The number of nitrogens with zero attached hydrogens (tertiary/aromatic N) is 8. The van der Waals surface area contributed by atoms with Crippen LogP contribution in [-0.2, 0) is 6.54 Å². The third-order valence-electron chi connectivity index (χ3n) is 5.77. The Kier molecular flexibility index (Phi) is 5.64. The quantitative estimate of drug-likeness (QED) is 0.468. The predicted molar refractivity (Wildman–Crippen MR) is 118 cm³/mol. The molecule has 0 N–H and O–H groups in total. The summed E-state index contributed by atoms with van der Waals surface area (Å²) in [6.45, 7) is 3.06. The first-order valence-electron chi connectivity index (χ1n) is 10.9. The number of carbonyl (C=O) groups excluding carboxylic acids is 1. The van der Waals surface area contributed by atoms with E-state index < -0.39 is 0 Å². The van der Waals surface area contributed by atoms with Crippen molar-refractivity contribution in [1.29, 1.82) is 0 Å². The summed E-state index contributed by atoms with van der Waals surface area (Å²) in [7, 11) is 0. The second-order valence-corrected chi connectivity index (χ2v) is 8.07. The maximum absolute atomic E-state index is 13.6. The molecule has 1 amide bonds. The van der Waals surface area contributed by atoms with Crippen molar-refractivity contribution in [2.75, 3.05) is 6.54 Å². The minimum Gasteiger partial charge on any atom is -0.332 e. The molecule has 0 aromatic carbocycles. The van der Waals surface area contributed by atoms with Gasteiger partial charge in [0.2, 0.25) is 0 Å². The number of likely N-dealkylation sites (tertiary alicyclic amines) is 1. The van der Waals surface area contributed by atoms with Crippen LogP contribution in [0.3, 0.4) is 0 Å². The van der Waals surface area contributed by atoms with Crippen molar-refractivity contribution in [3.8, 4) is 17.1 Å². The van der Waals surface area contributed by atoms with Gasteiger partial charge in [0.25, 0.3) is 5.91 Å². The van der Waals surface area contributed by atoms with E-state index in [-0.39, 0.29) is 17.8 Å². The van der Waals surface area contributed by atoms with Gasteiger partial charge >= 0.3 is 0 Å². The van der Waals surface area contributed by atoms with Gasteiger partial charge in [0.1, 0.15) is 17.2 Å². The van der Waals surface area contributed by atoms with Gasteiger partial charge in [-0.3, -0.25) is 14.5 Å². The van der Waals surface area contributed by atoms with Crippen LogP contribution < -0.4 is 0 Å². The summed E-state index contributed by atoms with van der Waals surface area (Å²) in [5, 5.41) is 13.0. The number of halogens is 1. The van der Waals surface area contributed by atoms with Gasteiger partial charge in [0.05, 0.1) is 36.9 Å². The number of hydrogen-bond acceptors (Lipinski definition) is 6. The van der Waals surface area contributed by atoms with Gasteiger partial charge in [-0.15, -0.1) is 4.80 Å². The van der Waals surface area contributed by atoms with Crippen molar-refractivity contribution in [3.05, 3.63) is 72.3 Å². The lowest BCUT2D eigenvalue weighted by atomic mass is 10.0. The molecule has 0 bridgehead atoms. The molecule has 4 aromatic heterocycles. The van der Waals surface area contributed by atoms with Crippen molar-refractivity contribution >= 4 is 5.91 Å². The Hall–Kier alpha value is -3.95. The van der Waals surface area contributed by atoms with Crippen LogP contribution in [0.1, 0.15) is 35.4 Å². The summed E-state index contributed by atoms with van der Waals surface area (Å²) in [5.74, 6) is -0.521. The van der Waals surface area contributed by atoms with E-state index in [1.807, 2.05) is 40.9 Å². The lowest BCUT2D eigenvalue weighted by Gasteiger charge is -2.35. The van der Waals surface area contributed by atoms with Gasteiger partial charge in [0, 0.05) is 18.4 Å². The molecule has 1 aliphatic heterocycles. The van der Waals surface area contributed by atoms with Crippen LogP contribution in [0.2, 0.25) is 0 Å². The third-order valence-corrected chi connectivity index (χ3v) is 5.77. The lowest BCUT2D eigenvalue weighted by molar-refractivity contribution is 0.0577. The Morgan fingerprint density at radius 3 is 2.73 bits per heavy atom. The first-order chi connectivity index (χ1) is 16.1. The van der Waals surface area contributed by atoms with Gasteiger partial charge in [-0.05, 0) is 56.5 Å². The molecule has 0 saturated carbocycles. The normalized spacial score (nSPS) is 16.2. The fraction of sp³-hybridized carbons (Fsp3) is 0.304. The van der Waals surface area contributed by atoms with Crippen LogP contribution in [-0.4, -0.2) is 58.1 Å². The standard InChI is InChI=1S/C23H23FN8O/c1-16-5-8-21(32-26-10-11-27-32)22(28-16)23(33)31-12-3-2-4-18(31)15-30-13-9-20(29-30)19-7-6-17(24)14-25-19/h5-11,13-14,18H,2-4,12,15H2,1H3/t18-/m0/s1. The Morgan fingerprint density at radius 2 is 1.94 bits per heavy atom. The Bertz CT molecular complexity index is 1250. The van der Waals surface area contributed by atoms with Crippen LogP contribution in [0.25, 0.3) is 17.1 Å². The summed E-state index contributed by atoms with van der Waals surface area (Å²) >= 11 is 0. The Morgan fingerprint density at radius 1 is 1.09 bits per heavy atom. The van der Waals surface area contributed by atoms with E-state index in [0.29, 0.717) is 35.9 Å². The summed E-state index contributed by atoms with van der Waals surface area (Å²) in [6, 6.07) is 8.46. The molecule has 10 heteroatoms. The van der Waals surface area contributed by atoms with E-state index in [1.165, 1.54) is 17.1 Å². The Labute approximate surface area is 189 Å². The number of hydrogen-bond donors (Lipinski definition) is 0. The highest BCUT2D eigenvalue weighted by atomic mass is 19.1. The molecular formula is C23H23FN8O.